The zero-order chi connectivity index (χ0) is 13.8. The van der Waals surface area contributed by atoms with Gasteiger partial charge in [0.2, 0.25) is 17.8 Å². The van der Waals surface area contributed by atoms with Crippen molar-refractivity contribution in [2.24, 2.45) is 5.73 Å². The van der Waals surface area contributed by atoms with E-state index in [0.29, 0.717) is 25.5 Å². The van der Waals surface area contributed by atoms with E-state index in [2.05, 4.69) is 15.0 Å². The van der Waals surface area contributed by atoms with Gasteiger partial charge in [-0.15, -0.1) is 0 Å². The lowest BCUT2D eigenvalue weighted by Gasteiger charge is -2.22. The molecule has 0 bridgehead atoms. The first-order valence-electron chi connectivity index (χ1n) is 6.32. The van der Waals surface area contributed by atoms with Gasteiger partial charge in [-0.05, 0) is 19.3 Å². The number of nitrogens with two attached hydrogens (primary N) is 2. The smallest absolute Gasteiger partial charge is 0.323 e. The second-order valence-corrected chi connectivity index (χ2v) is 4.38. The van der Waals surface area contributed by atoms with Crippen LogP contribution in [0, 0.1) is 0 Å². The highest BCUT2D eigenvalue weighted by Gasteiger charge is 2.31. The molecule has 1 fully saturated rings. The minimum absolute atomic E-state index is 0.0752. The van der Waals surface area contributed by atoms with E-state index in [1.807, 2.05) is 6.92 Å². The molecule has 1 aromatic heterocycles. The lowest BCUT2D eigenvalue weighted by Crippen LogP contribution is -2.41. The lowest BCUT2D eigenvalue weighted by molar-refractivity contribution is -0.119. The number of nitrogens with zero attached hydrogens (tertiary/aromatic N) is 4. The fraction of sp³-hybridized carbons (Fsp3) is 0.636. The predicted molar refractivity (Wildman–Crippen MR) is 69.6 cm³/mol. The molecule has 1 aromatic rings. The molecule has 0 aromatic carbocycles. The number of amides is 1. The van der Waals surface area contributed by atoms with Gasteiger partial charge in [-0.2, -0.15) is 15.0 Å². The Hall–Kier alpha value is -2.12. The molecule has 0 saturated carbocycles. The van der Waals surface area contributed by atoms with Crippen LogP contribution in [0.3, 0.4) is 0 Å². The minimum atomic E-state index is -0.388. The minimum Gasteiger partial charge on any atom is -0.463 e. The molecule has 1 saturated heterocycles. The molecule has 1 aliphatic rings. The van der Waals surface area contributed by atoms with Gasteiger partial charge in [-0.1, -0.05) is 6.92 Å². The summed E-state index contributed by atoms with van der Waals surface area (Å²) in [5.41, 5.74) is 11.0. The number of ether oxygens (including phenoxy) is 1. The summed E-state index contributed by atoms with van der Waals surface area (Å²) < 4.78 is 5.35. The van der Waals surface area contributed by atoms with Crippen LogP contribution in [0.5, 0.6) is 6.01 Å². The summed E-state index contributed by atoms with van der Waals surface area (Å²) in [7, 11) is 0. The van der Waals surface area contributed by atoms with Gasteiger partial charge in [0.1, 0.15) is 6.04 Å². The molecule has 8 heteroatoms. The third kappa shape index (κ3) is 3.01. The van der Waals surface area contributed by atoms with Gasteiger partial charge in [-0.25, -0.2) is 0 Å². The lowest BCUT2D eigenvalue weighted by atomic mass is 10.2. The molecule has 1 amide bonds. The number of anilines is 2. The van der Waals surface area contributed by atoms with Crippen molar-refractivity contribution in [3.05, 3.63) is 0 Å². The van der Waals surface area contributed by atoms with Gasteiger partial charge in [0.15, 0.2) is 0 Å². The normalized spacial score (nSPS) is 18.6. The van der Waals surface area contributed by atoms with Crippen molar-refractivity contribution >= 4 is 17.8 Å². The zero-order valence-electron chi connectivity index (χ0n) is 10.9. The van der Waals surface area contributed by atoms with Crippen LogP contribution in [0.1, 0.15) is 26.2 Å². The Kier molecular flexibility index (Phi) is 3.98. The molecular formula is C11H18N6O2. The molecule has 0 spiro atoms. The van der Waals surface area contributed by atoms with Gasteiger partial charge < -0.3 is 21.1 Å². The molecule has 8 nitrogen and oxygen atoms in total. The third-order valence-corrected chi connectivity index (χ3v) is 2.89. The van der Waals surface area contributed by atoms with Crippen LogP contribution >= 0.6 is 0 Å². The van der Waals surface area contributed by atoms with Crippen molar-refractivity contribution in [1.29, 1.82) is 0 Å². The maximum atomic E-state index is 11.4. The second kappa shape index (κ2) is 5.68. The number of rotatable bonds is 5. The molecule has 2 heterocycles. The van der Waals surface area contributed by atoms with Crippen LogP contribution in [0.4, 0.5) is 11.9 Å². The summed E-state index contributed by atoms with van der Waals surface area (Å²) in [6.45, 7) is 3.15. The van der Waals surface area contributed by atoms with E-state index in [1.54, 1.807) is 4.90 Å². The quantitative estimate of drug-likeness (QED) is 0.750. The van der Waals surface area contributed by atoms with Crippen molar-refractivity contribution in [1.82, 2.24) is 15.0 Å². The fourth-order valence-corrected chi connectivity index (χ4v) is 2.05. The van der Waals surface area contributed by atoms with Gasteiger partial charge in [0.25, 0.3) is 0 Å². The van der Waals surface area contributed by atoms with Crippen molar-refractivity contribution in [3.8, 4) is 6.01 Å². The number of hydrogen-bond acceptors (Lipinski definition) is 7. The molecule has 1 unspecified atom stereocenters. The van der Waals surface area contributed by atoms with Crippen LogP contribution in [-0.2, 0) is 4.79 Å². The topological polar surface area (TPSA) is 120 Å². The molecular weight excluding hydrogens is 248 g/mol. The molecule has 0 radical (unpaired) electrons. The Morgan fingerprint density at radius 1 is 1.47 bits per heavy atom. The Morgan fingerprint density at radius 2 is 2.26 bits per heavy atom. The largest absolute Gasteiger partial charge is 0.463 e. The fourth-order valence-electron chi connectivity index (χ4n) is 2.05. The van der Waals surface area contributed by atoms with E-state index in [1.165, 1.54) is 0 Å². The molecule has 19 heavy (non-hydrogen) atoms. The summed E-state index contributed by atoms with van der Waals surface area (Å²) in [6, 6.07) is -0.208. The van der Waals surface area contributed by atoms with E-state index in [0.717, 1.165) is 12.8 Å². The van der Waals surface area contributed by atoms with Gasteiger partial charge >= 0.3 is 6.01 Å². The second-order valence-electron chi connectivity index (χ2n) is 4.38. The highest BCUT2D eigenvalue weighted by molar-refractivity contribution is 5.83. The third-order valence-electron chi connectivity index (χ3n) is 2.89. The van der Waals surface area contributed by atoms with Gasteiger partial charge in [0, 0.05) is 6.54 Å². The van der Waals surface area contributed by atoms with Crippen molar-refractivity contribution < 1.29 is 9.53 Å². The van der Waals surface area contributed by atoms with E-state index in [9.17, 15) is 4.79 Å². The number of hydrogen-bond donors (Lipinski definition) is 2. The van der Waals surface area contributed by atoms with Crippen molar-refractivity contribution in [3.63, 3.8) is 0 Å². The Morgan fingerprint density at radius 3 is 2.95 bits per heavy atom. The predicted octanol–water partition coefficient (Wildman–Crippen LogP) is -0.303. The molecule has 2 rings (SSSR count). The highest BCUT2D eigenvalue weighted by Crippen LogP contribution is 2.23. The van der Waals surface area contributed by atoms with Crippen LogP contribution in [0.15, 0.2) is 0 Å². The molecule has 1 aliphatic heterocycles. The number of nitrogen functional groups attached to an aromatic ring is 1. The average Bonchev–Trinajstić information content (AvgIpc) is 2.85. The number of carbonyl (C=O) groups excluding carboxylic acids is 1. The van der Waals surface area contributed by atoms with Gasteiger partial charge in [0.05, 0.1) is 6.61 Å². The standard InChI is InChI=1S/C11H18N6O2/c1-2-6-19-11-15-9(13)14-10(16-11)17-5-3-4-7(17)8(12)18/h7H,2-6H2,1H3,(H2,12,18)(H2,13,14,15,16). The first-order chi connectivity index (χ1) is 9.11. The Balaban J connectivity index is 2.23. The molecule has 1 atom stereocenters. The van der Waals surface area contributed by atoms with E-state index in [-0.39, 0.29) is 23.9 Å². The van der Waals surface area contributed by atoms with Crippen LogP contribution in [-0.4, -0.2) is 40.1 Å². The van der Waals surface area contributed by atoms with E-state index < -0.39 is 0 Å². The van der Waals surface area contributed by atoms with Crippen LogP contribution in [0.25, 0.3) is 0 Å². The molecule has 4 N–H and O–H groups in total. The summed E-state index contributed by atoms with van der Waals surface area (Å²) in [4.78, 5) is 25.3. The maximum absolute atomic E-state index is 11.4. The molecule has 0 aliphatic carbocycles. The van der Waals surface area contributed by atoms with Crippen LogP contribution < -0.4 is 21.1 Å². The molecule has 104 valence electrons. The van der Waals surface area contributed by atoms with E-state index in [4.69, 9.17) is 16.2 Å². The Bertz CT molecular complexity index is 466. The summed E-state index contributed by atoms with van der Waals surface area (Å²) in [5.74, 6) is 0.0404. The average molecular weight is 266 g/mol. The summed E-state index contributed by atoms with van der Waals surface area (Å²) in [6.07, 6.45) is 2.41. The van der Waals surface area contributed by atoms with E-state index >= 15 is 0 Å². The Labute approximate surface area is 111 Å². The van der Waals surface area contributed by atoms with Crippen molar-refractivity contribution in [2.45, 2.75) is 32.2 Å². The first-order valence-corrected chi connectivity index (χ1v) is 6.32. The zero-order valence-corrected chi connectivity index (χ0v) is 10.9. The summed E-state index contributed by atoms with van der Waals surface area (Å²) >= 11 is 0. The highest BCUT2D eigenvalue weighted by atomic mass is 16.5. The summed E-state index contributed by atoms with van der Waals surface area (Å²) in [5, 5.41) is 0. The number of primary amides is 1. The van der Waals surface area contributed by atoms with Gasteiger partial charge in [-0.3, -0.25) is 4.79 Å². The van der Waals surface area contributed by atoms with Crippen molar-refractivity contribution in [2.75, 3.05) is 23.8 Å². The SMILES string of the molecule is CCCOc1nc(N)nc(N2CCCC2C(N)=O)n1. The number of aromatic nitrogens is 3. The maximum Gasteiger partial charge on any atom is 0.323 e. The number of carbonyl (C=O) groups is 1. The monoisotopic (exact) mass is 266 g/mol. The van der Waals surface area contributed by atoms with Crippen LogP contribution in [0.2, 0.25) is 0 Å². The first kappa shape index (κ1) is 13.3.